The SMILES string of the molecule is Cc1ccc(-n2nc(NC(=O)Cc3c(C)c4ccc(O)c(C)c4oc3=O)cc2C)cc1. The van der Waals surface area contributed by atoms with Gasteiger partial charge in [-0.2, -0.15) is 0 Å². The van der Waals surface area contributed by atoms with Crippen molar-refractivity contribution in [1.82, 2.24) is 9.78 Å². The molecule has 0 aliphatic rings. The number of phenolic OH excluding ortho intramolecular Hbond substituents is 1. The Hall–Kier alpha value is -3.87. The third-order valence-corrected chi connectivity index (χ3v) is 5.45. The van der Waals surface area contributed by atoms with E-state index in [9.17, 15) is 14.7 Å². The van der Waals surface area contributed by atoms with Crippen molar-refractivity contribution >= 4 is 22.7 Å². The van der Waals surface area contributed by atoms with E-state index < -0.39 is 5.63 Å². The van der Waals surface area contributed by atoms with E-state index in [0.717, 1.165) is 16.9 Å². The van der Waals surface area contributed by atoms with Gasteiger partial charge in [0.1, 0.15) is 11.3 Å². The molecule has 0 radical (unpaired) electrons. The molecule has 0 saturated carbocycles. The van der Waals surface area contributed by atoms with Crippen molar-refractivity contribution in [2.45, 2.75) is 34.1 Å². The number of anilines is 1. The van der Waals surface area contributed by atoms with Gasteiger partial charge in [0.25, 0.3) is 0 Å². The molecular formula is C24H23N3O4. The average molecular weight is 417 g/mol. The predicted octanol–water partition coefficient (Wildman–Crippen LogP) is 4.10. The lowest BCUT2D eigenvalue weighted by molar-refractivity contribution is -0.115. The molecule has 0 aliphatic heterocycles. The smallest absolute Gasteiger partial charge is 0.340 e. The van der Waals surface area contributed by atoms with Crippen LogP contribution in [0.15, 0.2) is 51.7 Å². The molecule has 158 valence electrons. The molecular weight excluding hydrogens is 394 g/mol. The summed E-state index contributed by atoms with van der Waals surface area (Å²) in [6.07, 6.45) is -0.138. The number of aryl methyl sites for hydroxylation is 4. The van der Waals surface area contributed by atoms with Crippen LogP contribution in [0.5, 0.6) is 5.75 Å². The average Bonchev–Trinajstić information content (AvgIpc) is 3.09. The number of phenols is 1. The third-order valence-electron chi connectivity index (χ3n) is 5.45. The monoisotopic (exact) mass is 417 g/mol. The normalized spacial score (nSPS) is 11.1. The van der Waals surface area contributed by atoms with Crippen LogP contribution in [0.2, 0.25) is 0 Å². The largest absolute Gasteiger partial charge is 0.508 e. The second-order valence-electron chi connectivity index (χ2n) is 7.72. The molecule has 2 N–H and O–H groups in total. The van der Waals surface area contributed by atoms with Crippen LogP contribution < -0.4 is 10.9 Å². The maximum Gasteiger partial charge on any atom is 0.340 e. The Morgan fingerprint density at radius 2 is 1.77 bits per heavy atom. The molecule has 4 aromatic rings. The zero-order valence-electron chi connectivity index (χ0n) is 17.8. The third kappa shape index (κ3) is 3.82. The maximum absolute atomic E-state index is 12.7. The van der Waals surface area contributed by atoms with Gasteiger partial charge >= 0.3 is 5.63 Å². The van der Waals surface area contributed by atoms with E-state index in [2.05, 4.69) is 10.4 Å². The fraction of sp³-hybridized carbons (Fsp3) is 0.208. The molecule has 31 heavy (non-hydrogen) atoms. The van der Waals surface area contributed by atoms with Crippen LogP contribution in [0.1, 0.15) is 27.9 Å². The molecule has 1 amide bonds. The number of carbonyl (C=O) groups is 1. The van der Waals surface area contributed by atoms with Crippen molar-refractivity contribution in [3.05, 3.63) is 80.8 Å². The van der Waals surface area contributed by atoms with E-state index in [1.165, 1.54) is 0 Å². The van der Waals surface area contributed by atoms with E-state index in [0.29, 0.717) is 27.9 Å². The van der Waals surface area contributed by atoms with E-state index in [1.54, 1.807) is 36.7 Å². The molecule has 4 rings (SSSR count). The van der Waals surface area contributed by atoms with Crippen LogP contribution in [-0.4, -0.2) is 20.8 Å². The number of benzene rings is 2. The zero-order chi connectivity index (χ0) is 22.3. The van der Waals surface area contributed by atoms with E-state index in [-0.39, 0.29) is 23.6 Å². The number of nitrogens with zero attached hydrogens (tertiary/aromatic N) is 2. The maximum atomic E-state index is 12.7. The number of nitrogens with one attached hydrogen (secondary N) is 1. The molecule has 2 aromatic carbocycles. The highest BCUT2D eigenvalue weighted by Crippen LogP contribution is 2.28. The highest BCUT2D eigenvalue weighted by atomic mass is 16.4. The first-order valence-electron chi connectivity index (χ1n) is 9.93. The summed E-state index contributed by atoms with van der Waals surface area (Å²) >= 11 is 0. The van der Waals surface area contributed by atoms with Gasteiger partial charge in [-0.1, -0.05) is 17.7 Å². The lowest BCUT2D eigenvalue weighted by Crippen LogP contribution is -2.21. The van der Waals surface area contributed by atoms with Gasteiger partial charge < -0.3 is 14.8 Å². The number of aromatic hydroxyl groups is 1. The van der Waals surface area contributed by atoms with Gasteiger partial charge in [0.2, 0.25) is 5.91 Å². The summed E-state index contributed by atoms with van der Waals surface area (Å²) in [7, 11) is 0. The van der Waals surface area contributed by atoms with Crippen LogP contribution in [0.4, 0.5) is 5.82 Å². The van der Waals surface area contributed by atoms with E-state index in [4.69, 9.17) is 4.42 Å². The summed E-state index contributed by atoms with van der Waals surface area (Å²) in [4.78, 5) is 25.2. The summed E-state index contributed by atoms with van der Waals surface area (Å²) in [6.45, 7) is 7.37. The van der Waals surface area contributed by atoms with Crippen LogP contribution >= 0.6 is 0 Å². The van der Waals surface area contributed by atoms with Crippen LogP contribution in [-0.2, 0) is 11.2 Å². The van der Waals surface area contributed by atoms with Gasteiger partial charge in [0, 0.05) is 22.7 Å². The van der Waals surface area contributed by atoms with Crippen molar-refractivity contribution in [1.29, 1.82) is 0 Å². The number of carbonyl (C=O) groups excluding carboxylic acids is 1. The summed E-state index contributed by atoms with van der Waals surface area (Å²) in [6, 6.07) is 12.9. The molecule has 7 heteroatoms. The fourth-order valence-corrected chi connectivity index (χ4v) is 3.61. The Kier molecular flexibility index (Phi) is 5.10. The molecule has 0 bridgehead atoms. The van der Waals surface area contributed by atoms with Crippen molar-refractivity contribution in [3.63, 3.8) is 0 Å². The van der Waals surface area contributed by atoms with Gasteiger partial charge in [-0.25, -0.2) is 9.48 Å². The van der Waals surface area contributed by atoms with E-state index in [1.807, 2.05) is 38.1 Å². The van der Waals surface area contributed by atoms with Gasteiger partial charge in [-0.3, -0.25) is 4.79 Å². The second-order valence-corrected chi connectivity index (χ2v) is 7.72. The highest BCUT2D eigenvalue weighted by molar-refractivity contribution is 5.93. The molecule has 0 spiro atoms. The quantitative estimate of drug-likeness (QED) is 0.487. The van der Waals surface area contributed by atoms with Gasteiger partial charge in [-0.05, 0) is 57.5 Å². The minimum Gasteiger partial charge on any atom is -0.508 e. The van der Waals surface area contributed by atoms with Crippen molar-refractivity contribution in [3.8, 4) is 11.4 Å². The van der Waals surface area contributed by atoms with E-state index >= 15 is 0 Å². The summed E-state index contributed by atoms with van der Waals surface area (Å²) < 4.78 is 7.16. The van der Waals surface area contributed by atoms with Gasteiger partial charge in [0.15, 0.2) is 5.82 Å². The number of hydrogen-bond donors (Lipinski definition) is 2. The standard InChI is InChI=1S/C24H23N3O4/c1-13-5-7-17(8-6-13)27-14(2)11-21(26-27)25-22(29)12-19-15(3)18-9-10-20(28)16(4)23(18)31-24(19)30/h5-11,28H,12H2,1-4H3,(H,25,26,29). The van der Waals surface area contributed by atoms with Gasteiger partial charge in [0.05, 0.1) is 17.7 Å². The number of hydrogen-bond acceptors (Lipinski definition) is 5. The van der Waals surface area contributed by atoms with Crippen LogP contribution in [0, 0.1) is 27.7 Å². The first-order valence-corrected chi connectivity index (χ1v) is 9.93. The molecule has 0 aliphatic carbocycles. The first-order chi connectivity index (χ1) is 14.7. The van der Waals surface area contributed by atoms with Crippen LogP contribution in [0.25, 0.3) is 16.7 Å². The second kappa shape index (κ2) is 7.75. The minimum absolute atomic E-state index is 0.0556. The molecule has 0 saturated heterocycles. The molecule has 0 unspecified atom stereocenters. The topological polar surface area (TPSA) is 97.4 Å². The first kappa shape index (κ1) is 20.4. The predicted molar refractivity (Wildman–Crippen MR) is 119 cm³/mol. The number of amides is 1. The molecule has 0 fully saturated rings. The molecule has 7 nitrogen and oxygen atoms in total. The Bertz CT molecular complexity index is 1360. The van der Waals surface area contributed by atoms with Gasteiger partial charge in [-0.15, -0.1) is 5.10 Å². The number of fused-ring (bicyclic) bond motifs is 1. The number of rotatable bonds is 4. The lowest BCUT2D eigenvalue weighted by atomic mass is 10.0. The Morgan fingerprint density at radius 1 is 1.06 bits per heavy atom. The lowest BCUT2D eigenvalue weighted by Gasteiger charge is -2.10. The summed E-state index contributed by atoms with van der Waals surface area (Å²) in [5.74, 6) is 0.102. The van der Waals surface area contributed by atoms with Crippen molar-refractivity contribution in [2.75, 3.05) is 5.32 Å². The Balaban J connectivity index is 1.59. The minimum atomic E-state index is -0.588. The van der Waals surface area contributed by atoms with Crippen molar-refractivity contribution < 1.29 is 14.3 Å². The fourth-order valence-electron chi connectivity index (χ4n) is 3.61. The summed E-state index contributed by atoms with van der Waals surface area (Å²) in [5, 5.41) is 17.8. The zero-order valence-corrected chi connectivity index (χ0v) is 17.8. The Labute approximate surface area is 178 Å². The summed E-state index contributed by atoms with van der Waals surface area (Å²) in [5.41, 5.74) is 4.09. The molecule has 0 atom stereocenters. The highest BCUT2D eigenvalue weighted by Gasteiger charge is 2.18. The molecule has 2 heterocycles. The molecule has 2 aromatic heterocycles. The van der Waals surface area contributed by atoms with Crippen molar-refractivity contribution in [2.24, 2.45) is 0 Å². The number of aromatic nitrogens is 2. The Morgan fingerprint density at radius 3 is 2.48 bits per heavy atom. The van der Waals surface area contributed by atoms with Crippen LogP contribution in [0.3, 0.4) is 0 Å².